The molecule has 1 fully saturated rings. The Morgan fingerprint density at radius 1 is 1.47 bits per heavy atom. The summed E-state index contributed by atoms with van der Waals surface area (Å²) in [5.41, 5.74) is 4.57. The molecule has 0 heterocycles. The van der Waals surface area contributed by atoms with Gasteiger partial charge in [0.2, 0.25) is 0 Å². The van der Waals surface area contributed by atoms with Crippen LogP contribution in [0.5, 0.6) is 0 Å². The van der Waals surface area contributed by atoms with Crippen LogP contribution in [0.3, 0.4) is 0 Å². The van der Waals surface area contributed by atoms with Gasteiger partial charge in [0.05, 0.1) is 16.7 Å². The molecule has 0 saturated heterocycles. The first-order chi connectivity index (χ1) is 9.08. The molecule has 0 aromatic heterocycles. The van der Waals surface area contributed by atoms with E-state index in [-0.39, 0.29) is 5.56 Å². The van der Waals surface area contributed by atoms with Crippen molar-refractivity contribution in [1.29, 1.82) is 0 Å². The molecule has 1 atom stereocenters. The van der Waals surface area contributed by atoms with E-state index in [4.69, 9.17) is 11.6 Å². The lowest BCUT2D eigenvalue weighted by Gasteiger charge is -2.20. The fourth-order valence-corrected chi connectivity index (χ4v) is 2.37. The SMILES string of the molecule is C[C@@H]1CCCC/C1=N/Nc1cc(C(=O)[O-])ccc1Cl. The van der Waals surface area contributed by atoms with Crippen molar-refractivity contribution in [3.8, 4) is 0 Å². The summed E-state index contributed by atoms with van der Waals surface area (Å²) in [6.45, 7) is 2.15. The van der Waals surface area contributed by atoms with Gasteiger partial charge in [0.25, 0.3) is 0 Å². The number of halogens is 1. The average Bonchev–Trinajstić information content (AvgIpc) is 2.39. The zero-order valence-electron chi connectivity index (χ0n) is 10.8. The number of nitrogens with one attached hydrogen (secondary N) is 1. The van der Waals surface area contributed by atoms with Gasteiger partial charge < -0.3 is 9.90 Å². The molecule has 0 aliphatic heterocycles. The number of anilines is 1. The highest BCUT2D eigenvalue weighted by Gasteiger charge is 2.15. The Hall–Kier alpha value is -1.55. The van der Waals surface area contributed by atoms with Crippen molar-refractivity contribution in [3.05, 3.63) is 28.8 Å². The van der Waals surface area contributed by atoms with Crippen LogP contribution >= 0.6 is 11.6 Å². The van der Waals surface area contributed by atoms with E-state index in [2.05, 4.69) is 17.5 Å². The molecule has 1 aromatic carbocycles. The smallest absolute Gasteiger partial charge is 0.0754 e. The van der Waals surface area contributed by atoms with E-state index in [1.165, 1.54) is 24.6 Å². The number of nitrogens with zero attached hydrogens (tertiary/aromatic N) is 1. The van der Waals surface area contributed by atoms with Gasteiger partial charge in [-0.25, -0.2) is 0 Å². The molecule has 1 N–H and O–H groups in total. The standard InChI is InChI=1S/C14H17ClN2O2/c1-9-4-2-3-5-12(9)16-17-13-8-10(14(18)19)6-7-11(13)15/h6-9,17H,2-5H2,1H3,(H,18,19)/p-1/b16-12-/t9-/m1/s1. The molecule has 1 aliphatic carbocycles. The molecule has 0 unspecified atom stereocenters. The van der Waals surface area contributed by atoms with Crippen LogP contribution in [-0.4, -0.2) is 11.7 Å². The quantitative estimate of drug-likeness (QED) is 0.865. The largest absolute Gasteiger partial charge is 0.545 e. The molecule has 19 heavy (non-hydrogen) atoms. The minimum absolute atomic E-state index is 0.0868. The average molecular weight is 280 g/mol. The summed E-state index contributed by atoms with van der Waals surface area (Å²) in [6, 6.07) is 4.38. The molecule has 5 heteroatoms. The zero-order chi connectivity index (χ0) is 13.8. The lowest BCUT2D eigenvalue weighted by molar-refractivity contribution is -0.255. The number of hydrogen-bond acceptors (Lipinski definition) is 4. The zero-order valence-corrected chi connectivity index (χ0v) is 11.5. The first-order valence-corrected chi connectivity index (χ1v) is 6.79. The van der Waals surface area contributed by atoms with Crippen LogP contribution < -0.4 is 10.5 Å². The van der Waals surface area contributed by atoms with Gasteiger partial charge in [-0.2, -0.15) is 5.10 Å². The number of hydrogen-bond donors (Lipinski definition) is 1. The number of benzene rings is 1. The number of carbonyl (C=O) groups is 1. The van der Waals surface area contributed by atoms with E-state index in [0.717, 1.165) is 25.0 Å². The number of carboxylic acids is 1. The summed E-state index contributed by atoms with van der Waals surface area (Å²) < 4.78 is 0. The predicted molar refractivity (Wildman–Crippen MR) is 74.5 cm³/mol. The molecule has 1 saturated carbocycles. The Morgan fingerprint density at radius 2 is 2.26 bits per heavy atom. The van der Waals surface area contributed by atoms with Crippen LogP contribution in [0.4, 0.5) is 5.69 Å². The van der Waals surface area contributed by atoms with E-state index in [1.807, 2.05) is 0 Å². The first kappa shape index (κ1) is 13.9. The van der Waals surface area contributed by atoms with E-state index in [1.54, 1.807) is 0 Å². The van der Waals surface area contributed by atoms with E-state index in [9.17, 15) is 9.90 Å². The summed E-state index contributed by atoms with van der Waals surface area (Å²) in [6.07, 6.45) is 4.51. The molecule has 1 aromatic rings. The topological polar surface area (TPSA) is 64.5 Å². The highest BCUT2D eigenvalue weighted by molar-refractivity contribution is 6.33. The number of carbonyl (C=O) groups excluding carboxylic acids is 1. The molecule has 2 rings (SSSR count). The maximum Gasteiger partial charge on any atom is 0.0754 e. The number of aromatic carboxylic acids is 1. The van der Waals surface area contributed by atoms with Gasteiger partial charge in [-0.05, 0) is 42.9 Å². The maximum absolute atomic E-state index is 10.8. The first-order valence-electron chi connectivity index (χ1n) is 6.41. The minimum Gasteiger partial charge on any atom is -0.545 e. The highest BCUT2D eigenvalue weighted by Crippen LogP contribution is 2.25. The second-order valence-electron chi connectivity index (χ2n) is 4.84. The van der Waals surface area contributed by atoms with Gasteiger partial charge in [0.15, 0.2) is 0 Å². The molecule has 0 amide bonds. The molecular formula is C14H16ClN2O2-. The van der Waals surface area contributed by atoms with E-state index < -0.39 is 5.97 Å². The van der Waals surface area contributed by atoms with Gasteiger partial charge in [-0.3, -0.25) is 5.43 Å². The third-order valence-corrected chi connectivity index (χ3v) is 3.74. The molecule has 0 radical (unpaired) electrons. The highest BCUT2D eigenvalue weighted by atomic mass is 35.5. The van der Waals surface area contributed by atoms with Crippen LogP contribution in [0.2, 0.25) is 5.02 Å². The van der Waals surface area contributed by atoms with Crippen LogP contribution in [0, 0.1) is 5.92 Å². The Kier molecular flexibility index (Phi) is 4.43. The van der Waals surface area contributed by atoms with Crippen molar-refractivity contribution >= 4 is 29.0 Å². The van der Waals surface area contributed by atoms with Crippen molar-refractivity contribution in [2.24, 2.45) is 11.0 Å². The molecule has 0 bridgehead atoms. The number of hydrazone groups is 1. The van der Waals surface area contributed by atoms with E-state index >= 15 is 0 Å². The number of carboxylic acid groups (broad SMARTS) is 1. The lowest BCUT2D eigenvalue weighted by Crippen LogP contribution is -2.22. The van der Waals surface area contributed by atoms with Crippen molar-refractivity contribution in [1.82, 2.24) is 0 Å². The molecular weight excluding hydrogens is 264 g/mol. The van der Waals surface area contributed by atoms with Crippen LogP contribution in [-0.2, 0) is 0 Å². The molecule has 102 valence electrons. The van der Waals surface area contributed by atoms with Crippen molar-refractivity contribution in [2.45, 2.75) is 32.6 Å². The normalized spacial score (nSPS) is 21.4. The summed E-state index contributed by atoms with van der Waals surface area (Å²) in [5, 5.41) is 15.6. The maximum atomic E-state index is 10.8. The van der Waals surface area contributed by atoms with Crippen LogP contribution in [0.25, 0.3) is 0 Å². The second kappa shape index (κ2) is 6.06. The Balaban J connectivity index is 2.16. The molecule has 4 nitrogen and oxygen atoms in total. The third kappa shape index (κ3) is 3.47. The Labute approximate surface area is 117 Å². The fraction of sp³-hybridized carbons (Fsp3) is 0.429. The summed E-state index contributed by atoms with van der Waals surface area (Å²) in [7, 11) is 0. The molecule has 0 spiro atoms. The summed E-state index contributed by atoms with van der Waals surface area (Å²) >= 11 is 6.01. The van der Waals surface area contributed by atoms with Crippen molar-refractivity contribution in [3.63, 3.8) is 0 Å². The van der Waals surface area contributed by atoms with Crippen LogP contribution in [0.1, 0.15) is 43.0 Å². The van der Waals surface area contributed by atoms with Gasteiger partial charge >= 0.3 is 0 Å². The summed E-state index contributed by atoms with van der Waals surface area (Å²) in [4.78, 5) is 10.8. The fourth-order valence-electron chi connectivity index (χ4n) is 2.21. The van der Waals surface area contributed by atoms with Gasteiger partial charge in [0, 0.05) is 5.71 Å². The minimum atomic E-state index is -1.22. The Morgan fingerprint density at radius 3 is 2.95 bits per heavy atom. The van der Waals surface area contributed by atoms with Crippen molar-refractivity contribution < 1.29 is 9.90 Å². The third-order valence-electron chi connectivity index (χ3n) is 3.41. The van der Waals surface area contributed by atoms with Gasteiger partial charge in [-0.1, -0.05) is 31.0 Å². The Bertz CT molecular complexity index is 514. The van der Waals surface area contributed by atoms with Crippen molar-refractivity contribution in [2.75, 3.05) is 5.43 Å². The van der Waals surface area contributed by atoms with Gasteiger partial charge in [0.1, 0.15) is 0 Å². The van der Waals surface area contributed by atoms with Crippen LogP contribution in [0.15, 0.2) is 23.3 Å². The van der Waals surface area contributed by atoms with E-state index in [0.29, 0.717) is 16.6 Å². The molecule has 1 aliphatic rings. The predicted octanol–water partition coefficient (Wildman–Crippen LogP) is 2.68. The number of rotatable bonds is 3. The van der Waals surface area contributed by atoms with Gasteiger partial charge in [-0.15, -0.1) is 0 Å². The summed E-state index contributed by atoms with van der Waals surface area (Å²) in [5.74, 6) is -0.761. The lowest BCUT2D eigenvalue weighted by atomic mass is 9.89. The monoisotopic (exact) mass is 279 g/mol. The second-order valence-corrected chi connectivity index (χ2v) is 5.25.